The van der Waals surface area contributed by atoms with Crippen LogP contribution in [0.1, 0.15) is 20.3 Å². The normalized spacial score (nSPS) is 23.7. The van der Waals surface area contributed by atoms with E-state index in [2.05, 4.69) is 34.7 Å². The Labute approximate surface area is 147 Å². The molecule has 0 amide bonds. The summed E-state index contributed by atoms with van der Waals surface area (Å²) in [5, 5.41) is 10.1. The Hall–Kier alpha value is -0.620. The minimum absolute atomic E-state index is 0.360. The number of piperidine rings is 1. The van der Waals surface area contributed by atoms with E-state index in [4.69, 9.17) is 9.47 Å². The molecule has 0 spiro atoms. The Morgan fingerprint density at radius 3 is 2.61 bits per heavy atom. The molecule has 1 saturated heterocycles. The van der Waals surface area contributed by atoms with Crippen molar-refractivity contribution >= 4 is 15.9 Å². The van der Waals surface area contributed by atoms with Gasteiger partial charge in [0, 0.05) is 19.6 Å². The maximum atomic E-state index is 10.1. The largest absolute Gasteiger partial charge is 0.490 e. The Morgan fingerprint density at radius 1 is 1.22 bits per heavy atom. The molecule has 3 atom stereocenters. The summed E-state index contributed by atoms with van der Waals surface area (Å²) in [5.74, 6) is 2.24. The van der Waals surface area contributed by atoms with E-state index < -0.39 is 6.10 Å². The molecule has 23 heavy (non-hydrogen) atoms. The van der Waals surface area contributed by atoms with Gasteiger partial charge in [0.1, 0.15) is 12.4 Å². The van der Waals surface area contributed by atoms with Gasteiger partial charge in [0.05, 0.1) is 23.8 Å². The Bertz CT molecular complexity index is 461. The monoisotopic (exact) mass is 385 g/mol. The lowest BCUT2D eigenvalue weighted by atomic mass is 9.92. The predicted molar refractivity (Wildman–Crippen MR) is 95.8 cm³/mol. The number of halogens is 1. The molecule has 1 aromatic carbocycles. The molecule has 0 unspecified atom stereocenters. The van der Waals surface area contributed by atoms with Crippen LogP contribution in [-0.2, 0) is 4.74 Å². The molecular formula is C18H28BrNO3. The lowest BCUT2D eigenvalue weighted by molar-refractivity contribution is -0.00215. The van der Waals surface area contributed by atoms with Crippen LogP contribution in [0.3, 0.4) is 0 Å². The van der Waals surface area contributed by atoms with Gasteiger partial charge in [-0.3, -0.25) is 0 Å². The van der Waals surface area contributed by atoms with E-state index in [9.17, 15) is 5.11 Å². The van der Waals surface area contributed by atoms with Gasteiger partial charge in [-0.25, -0.2) is 0 Å². The van der Waals surface area contributed by atoms with Gasteiger partial charge < -0.3 is 19.5 Å². The topological polar surface area (TPSA) is 41.9 Å². The van der Waals surface area contributed by atoms with E-state index in [0.29, 0.717) is 38.2 Å². The summed E-state index contributed by atoms with van der Waals surface area (Å²) in [6, 6.07) is 7.75. The quantitative estimate of drug-likeness (QED) is 0.697. The average molecular weight is 386 g/mol. The van der Waals surface area contributed by atoms with Crippen molar-refractivity contribution in [3.05, 3.63) is 28.7 Å². The van der Waals surface area contributed by atoms with Crippen LogP contribution in [0.2, 0.25) is 0 Å². The minimum atomic E-state index is -0.434. The first-order valence-corrected chi connectivity index (χ1v) is 9.19. The molecule has 0 bridgehead atoms. The Balaban J connectivity index is 1.58. The summed E-state index contributed by atoms with van der Waals surface area (Å²) in [4.78, 5) is 2.35. The molecule has 0 radical (unpaired) electrons. The van der Waals surface area contributed by atoms with Gasteiger partial charge in [-0.1, -0.05) is 26.0 Å². The number of rotatable bonds is 8. The van der Waals surface area contributed by atoms with Crippen LogP contribution in [0, 0.1) is 11.8 Å². The molecule has 1 N–H and O–H groups in total. The van der Waals surface area contributed by atoms with Crippen molar-refractivity contribution in [3.63, 3.8) is 0 Å². The molecule has 1 aliphatic heterocycles. The second kappa shape index (κ2) is 9.62. The molecule has 1 fully saturated rings. The van der Waals surface area contributed by atoms with Crippen LogP contribution >= 0.6 is 15.9 Å². The van der Waals surface area contributed by atoms with Crippen molar-refractivity contribution in [2.75, 3.05) is 39.5 Å². The van der Waals surface area contributed by atoms with Crippen LogP contribution in [0.5, 0.6) is 5.75 Å². The van der Waals surface area contributed by atoms with Gasteiger partial charge in [0.2, 0.25) is 0 Å². The fourth-order valence-electron chi connectivity index (χ4n) is 3.28. The number of hydrogen-bond acceptors (Lipinski definition) is 4. The van der Waals surface area contributed by atoms with Crippen LogP contribution in [-0.4, -0.2) is 55.6 Å². The highest BCUT2D eigenvalue weighted by molar-refractivity contribution is 9.10. The van der Waals surface area contributed by atoms with Crippen LogP contribution < -0.4 is 4.74 Å². The highest BCUT2D eigenvalue weighted by Crippen LogP contribution is 2.23. The van der Waals surface area contributed by atoms with E-state index in [-0.39, 0.29) is 0 Å². The van der Waals surface area contributed by atoms with Crippen LogP contribution in [0.4, 0.5) is 0 Å². The molecule has 0 saturated carbocycles. The third-order valence-electron chi connectivity index (χ3n) is 4.05. The lowest BCUT2D eigenvalue weighted by Crippen LogP contribution is -2.43. The number of ether oxygens (including phenoxy) is 2. The fourth-order valence-corrected chi connectivity index (χ4v) is 3.68. The summed E-state index contributed by atoms with van der Waals surface area (Å²) < 4.78 is 12.1. The molecule has 130 valence electrons. The molecule has 1 aromatic rings. The first kappa shape index (κ1) is 18.7. The van der Waals surface area contributed by atoms with E-state index >= 15 is 0 Å². The highest BCUT2D eigenvalue weighted by atomic mass is 79.9. The van der Waals surface area contributed by atoms with E-state index in [0.717, 1.165) is 23.3 Å². The standard InChI is InChI=1S/C18H28BrNO3/c1-14-9-15(2)11-20(10-14)12-16(21)13-22-7-8-23-18-6-4-3-5-17(18)19/h3-6,14-16,21H,7-13H2,1-2H3/t14-,15+,16-/m1/s1. The predicted octanol–water partition coefficient (Wildman–Crippen LogP) is 3.18. The van der Waals surface area contributed by atoms with Gasteiger partial charge in [-0.2, -0.15) is 0 Å². The van der Waals surface area contributed by atoms with Crippen molar-refractivity contribution in [1.82, 2.24) is 4.90 Å². The van der Waals surface area contributed by atoms with E-state index in [1.807, 2.05) is 24.3 Å². The maximum Gasteiger partial charge on any atom is 0.133 e. The van der Waals surface area contributed by atoms with Crippen LogP contribution in [0.15, 0.2) is 28.7 Å². The van der Waals surface area contributed by atoms with Crippen molar-refractivity contribution in [3.8, 4) is 5.75 Å². The molecule has 0 aromatic heterocycles. The minimum Gasteiger partial charge on any atom is -0.490 e. The van der Waals surface area contributed by atoms with Crippen molar-refractivity contribution in [2.45, 2.75) is 26.4 Å². The number of para-hydroxylation sites is 1. The lowest BCUT2D eigenvalue weighted by Gasteiger charge is -2.35. The zero-order valence-electron chi connectivity index (χ0n) is 14.1. The molecule has 1 aliphatic rings. The number of aliphatic hydroxyl groups is 1. The first-order chi connectivity index (χ1) is 11.0. The van der Waals surface area contributed by atoms with E-state index in [1.165, 1.54) is 6.42 Å². The number of likely N-dealkylation sites (tertiary alicyclic amines) is 1. The number of benzene rings is 1. The molecule has 4 nitrogen and oxygen atoms in total. The van der Waals surface area contributed by atoms with Gasteiger partial charge >= 0.3 is 0 Å². The summed E-state index contributed by atoms with van der Waals surface area (Å²) in [5.41, 5.74) is 0. The second-order valence-corrected chi connectivity index (χ2v) is 7.53. The molecule has 0 aliphatic carbocycles. The summed E-state index contributed by atoms with van der Waals surface area (Å²) in [7, 11) is 0. The smallest absolute Gasteiger partial charge is 0.133 e. The molecule has 1 heterocycles. The first-order valence-electron chi connectivity index (χ1n) is 8.40. The van der Waals surface area contributed by atoms with Gasteiger partial charge in [-0.15, -0.1) is 0 Å². The number of aliphatic hydroxyl groups excluding tert-OH is 1. The van der Waals surface area contributed by atoms with Crippen molar-refractivity contribution < 1.29 is 14.6 Å². The summed E-state index contributed by atoms with van der Waals surface area (Å²) in [6.45, 7) is 8.73. The number of hydrogen-bond donors (Lipinski definition) is 1. The van der Waals surface area contributed by atoms with Gasteiger partial charge in [0.25, 0.3) is 0 Å². The van der Waals surface area contributed by atoms with Gasteiger partial charge in [-0.05, 0) is 46.3 Å². The number of β-amino-alcohol motifs (C(OH)–C–C–N with tert-alkyl or cyclic N) is 1. The fraction of sp³-hybridized carbons (Fsp3) is 0.667. The SMILES string of the molecule is C[C@@H]1C[C@H](C)CN(C[C@@H](O)COCCOc2ccccc2Br)C1. The van der Waals surface area contributed by atoms with Crippen molar-refractivity contribution in [2.24, 2.45) is 11.8 Å². The third-order valence-corrected chi connectivity index (χ3v) is 4.70. The second-order valence-electron chi connectivity index (χ2n) is 6.67. The number of nitrogens with zero attached hydrogens (tertiary/aromatic N) is 1. The van der Waals surface area contributed by atoms with Crippen LogP contribution in [0.25, 0.3) is 0 Å². The highest BCUT2D eigenvalue weighted by Gasteiger charge is 2.23. The van der Waals surface area contributed by atoms with Crippen molar-refractivity contribution in [1.29, 1.82) is 0 Å². The van der Waals surface area contributed by atoms with E-state index in [1.54, 1.807) is 0 Å². The zero-order chi connectivity index (χ0) is 16.7. The Morgan fingerprint density at radius 2 is 1.91 bits per heavy atom. The molecular weight excluding hydrogens is 358 g/mol. The summed E-state index contributed by atoms with van der Waals surface area (Å²) >= 11 is 3.44. The average Bonchev–Trinajstić information content (AvgIpc) is 2.47. The third kappa shape index (κ3) is 6.79. The molecule has 2 rings (SSSR count). The maximum absolute atomic E-state index is 10.1. The van der Waals surface area contributed by atoms with Gasteiger partial charge in [0.15, 0.2) is 0 Å². The molecule has 5 heteroatoms. The Kier molecular flexibility index (Phi) is 7.83. The summed E-state index contributed by atoms with van der Waals surface area (Å²) in [6.07, 6.45) is 0.853. The zero-order valence-corrected chi connectivity index (χ0v) is 15.7.